The van der Waals surface area contributed by atoms with Crippen LogP contribution in [0.1, 0.15) is 5.56 Å². The molecule has 0 fully saturated rings. The molecule has 1 heterocycles. The lowest BCUT2D eigenvalue weighted by Crippen LogP contribution is -2.15. The van der Waals surface area contributed by atoms with Crippen molar-refractivity contribution in [2.24, 2.45) is 0 Å². The van der Waals surface area contributed by atoms with Crippen LogP contribution in [0.5, 0.6) is 0 Å². The minimum Gasteiger partial charge on any atom is -0.394 e. The molecule has 1 aromatic heterocycles. The van der Waals surface area contributed by atoms with E-state index in [1.807, 2.05) is 0 Å². The summed E-state index contributed by atoms with van der Waals surface area (Å²) in [5.74, 6) is 0. The van der Waals surface area contributed by atoms with Crippen molar-refractivity contribution in [3.05, 3.63) is 40.5 Å². The maximum absolute atomic E-state index is 12.6. The molecule has 4 nitrogen and oxygen atoms in total. The summed E-state index contributed by atoms with van der Waals surface area (Å²) >= 11 is 3.17. The van der Waals surface area contributed by atoms with Crippen molar-refractivity contribution in [1.29, 1.82) is 0 Å². The van der Waals surface area contributed by atoms with E-state index in [2.05, 4.69) is 20.9 Å². The van der Waals surface area contributed by atoms with Crippen LogP contribution in [0.2, 0.25) is 0 Å². The van der Waals surface area contributed by atoms with Crippen LogP contribution in [0.4, 0.5) is 13.2 Å². The van der Waals surface area contributed by atoms with Gasteiger partial charge in [0.2, 0.25) is 0 Å². The van der Waals surface area contributed by atoms with Crippen LogP contribution in [0.25, 0.3) is 10.9 Å². The highest BCUT2D eigenvalue weighted by molar-refractivity contribution is 9.10. The fourth-order valence-corrected chi connectivity index (χ4v) is 1.89. The Kier molecular flexibility index (Phi) is 6.53. The number of aliphatic hydroxyl groups excluding tert-OH is 3. The average Bonchev–Trinajstić information content (AvgIpc) is 2.46. The Hall–Kier alpha value is -1.22. The first-order chi connectivity index (χ1) is 9.81. The summed E-state index contributed by atoms with van der Waals surface area (Å²) in [6.45, 7) is -0.729. The number of benzene rings is 1. The SMILES string of the molecule is FC(F)(F)c1ccc(Br)c2ncccc12.OCC(O)CO. The van der Waals surface area contributed by atoms with Crippen LogP contribution in [-0.2, 0) is 6.18 Å². The molecule has 0 bridgehead atoms. The molecule has 0 unspecified atom stereocenters. The maximum atomic E-state index is 12.6. The van der Waals surface area contributed by atoms with E-state index in [1.54, 1.807) is 0 Å². The molecular weight excluding hydrogens is 355 g/mol. The Morgan fingerprint density at radius 3 is 2.24 bits per heavy atom. The van der Waals surface area contributed by atoms with E-state index in [9.17, 15) is 13.2 Å². The molecule has 8 heteroatoms. The Morgan fingerprint density at radius 2 is 1.76 bits per heavy atom. The van der Waals surface area contributed by atoms with E-state index < -0.39 is 17.8 Å². The van der Waals surface area contributed by atoms with Gasteiger partial charge in [0.1, 0.15) is 6.10 Å². The third-order valence-electron chi connectivity index (χ3n) is 2.45. The highest BCUT2D eigenvalue weighted by Gasteiger charge is 2.32. The second-order valence-electron chi connectivity index (χ2n) is 4.01. The Labute approximate surface area is 127 Å². The number of alkyl halides is 3. The monoisotopic (exact) mass is 367 g/mol. The van der Waals surface area contributed by atoms with Crippen molar-refractivity contribution < 1.29 is 28.5 Å². The second-order valence-corrected chi connectivity index (χ2v) is 4.87. The van der Waals surface area contributed by atoms with Gasteiger partial charge in [-0.15, -0.1) is 0 Å². The molecule has 0 radical (unpaired) electrons. The summed E-state index contributed by atoms with van der Waals surface area (Å²) in [7, 11) is 0. The zero-order valence-electron chi connectivity index (χ0n) is 10.7. The summed E-state index contributed by atoms with van der Waals surface area (Å²) in [4.78, 5) is 3.91. The lowest BCUT2D eigenvalue weighted by Gasteiger charge is -2.10. The van der Waals surface area contributed by atoms with E-state index >= 15 is 0 Å². The minimum atomic E-state index is -4.35. The Bertz CT molecular complexity index is 588. The van der Waals surface area contributed by atoms with E-state index in [0.717, 1.165) is 6.07 Å². The first-order valence-corrected chi connectivity index (χ1v) is 6.60. The number of aromatic nitrogens is 1. The standard InChI is InChI=1S/C10H5BrF3N.C3H8O3/c11-8-4-3-7(10(12,13)14)6-2-1-5-15-9(6)8;4-1-3(6)2-5/h1-5H;3-6H,1-2H2. The highest BCUT2D eigenvalue weighted by Crippen LogP contribution is 2.36. The summed E-state index contributed by atoms with van der Waals surface area (Å²) < 4.78 is 38.4. The molecule has 116 valence electrons. The van der Waals surface area contributed by atoms with Gasteiger partial charge in [-0.05, 0) is 34.1 Å². The normalized spacial score (nSPS) is 11.4. The smallest absolute Gasteiger partial charge is 0.394 e. The van der Waals surface area contributed by atoms with Crippen LogP contribution in [-0.4, -0.2) is 39.6 Å². The number of nitrogens with zero attached hydrogens (tertiary/aromatic N) is 1. The minimum absolute atomic E-state index is 0.111. The maximum Gasteiger partial charge on any atom is 0.417 e. The zero-order chi connectivity index (χ0) is 16.0. The highest BCUT2D eigenvalue weighted by atomic mass is 79.9. The van der Waals surface area contributed by atoms with Gasteiger partial charge in [-0.3, -0.25) is 4.98 Å². The molecule has 2 aromatic rings. The molecule has 0 amide bonds. The van der Waals surface area contributed by atoms with Gasteiger partial charge < -0.3 is 15.3 Å². The number of halogens is 4. The summed E-state index contributed by atoms with van der Waals surface area (Å²) in [6.07, 6.45) is -3.83. The van der Waals surface area contributed by atoms with Crippen LogP contribution in [0.15, 0.2) is 34.9 Å². The average molecular weight is 368 g/mol. The van der Waals surface area contributed by atoms with Gasteiger partial charge in [0.05, 0.1) is 24.3 Å². The molecule has 2 rings (SSSR count). The van der Waals surface area contributed by atoms with E-state index in [0.29, 0.717) is 9.99 Å². The van der Waals surface area contributed by atoms with Crippen molar-refractivity contribution in [3.63, 3.8) is 0 Å². The van der Waals surface area contributed by atoms with Crippen LogP contribution >= 0.6 is 15.9 Å². The third kappa shape index (κ3) is 4.92. The lowest BCUT2D eigenvalue weighted by atomic mass is 10.1. The molecule has 0 aliphatic carbocycles. The number of aliphatic hydroxyl groups is 3. The molecule has 3 N–H and O–H groups in total. The number of fused-ring (bicyclic) bond motifs is 1. The van der Waals surface area contributed by atoms with Gasteiger partial charge >= 0.3 is 6.18 Å². The molecule has 0 aliphatic rings. The van der Waals surface area contributed by atoms with Gasteiger partial charge in [-0.1, -0.05) is 6.07 Å². The van der Waals surface area contributed by atoms with Crippen LogP contribution < -0.4 is 0 Å². The lowest BCUT2D eigenvalue weighted by molar-refractivity contribution is -0.136. The number of pyridine rings is 1. The van der Waals surface area contributed by atoms with Gasteiger partial charge in [-0.2, -0.15) is 13.2 Å². The Balaban J connectivity index is 0.000000315. The molecule has 1 aromatic carbocycles. The largest absolute Gasteiger partial charge is 0.417 e. The number of hydrogen-bond donors (Lipinski definition) is 3. The van der Waals surface area contributed by atoms with Crippen LogP contribution in [0.3, 0.4) is 0 Å². The van der Waals surface area contributed by atoms with E-state index in [4.69, 9.17) is 15.3 Å². The first kappa shape index (κ1) is 17.8. The summed E-state index contributed by atoms with van der Waals surface area (Å²) in [5, 5.41) is 24.1. The van der Waals surface area contributed by atoms with Crippen molar-refractivity contribution in [3.8, 4) is 0 Å². The fraction of sp³-hybridized carbons (Fsp3) is 0.308. The summed E-state index contributed by atoms with van der Waals surface area (Å²) in [5.41, 5.74) is -0.332. The fourth-order valence-electron chi connectivity index (χ4n) is 1.44. The zero-order valence-corrected chi connectivity index (χ0v) is 12.3. The van der Waals surface area contributed by atoms with Gasteiger partial charge in [0.25, 0.3) is 0 Å². The Morgan fingerprint density at radius 1 is 1.14 bits per heavy atom. The van der Waals surface area contributed by atoms with Gasteiger partial charge in [0, 0.05) is 16.1 Å². The van der Waals surface area contributed by atoms with Gasteiger partial charge in [0.15, 0.2) is 0 Å². The quantitative estimate of drug-likeness (QED) is 0.761. The molecule has 0 atom stereocenters. The van der Waals surface area contributed by atoms with Crippen LogP contribution in [0, 0.1) is 0 Å². The predicted molar refractivity (Wildman–Crippen MR) is 74.6 cm³/mol. The van der Waals surface area contributed by atoms with Crippen molar-refractivity contribution in [2.75, 3.05) is 13.2 Å². The molecule has 0 saturated carbocycles. The van der Waals surface area contributed by atoms with Crippen molar-refractivity contribution >= 4 is 26.8 Å². The molecule has 21 heavy (non-hydrogen) atoms. The number of rotatable bonds is 2. The molecule has 0 aliphatic heterocycles. The van der Waals surface area contributed by atoms with Gasteiger partial charge in [-0.25, -0.2) is 0 Å². The first-order valence-electron chi connectivity index (χ1n) is 5.81. The summed E-state index contributed by atoms with van der Waals surface area (Å²) in [6, 6.07) is 5.31. The molecule has 0 spiro atoms. The number of hydrogen-bond acceptors (Lipinski definition) is 4. The predicted octanol–water partition coefficient (Wildman–Crippen LogP) is 2.35. The topological polar surface area (TPSA) is 73.6 Å². The van der Waals surface area contributed by atoms with E-state index in [1.165, 1.54) is 24.4 Å². The van der Waals surface area contributed by atoms with Crippen molar-refractivity contribution in [2.45, 2.75) is 12.3 Å². The van der Waals surface area contributed by atoms with E-state index in [-0.39, 0.29) is 18.6 Å². The second kappa shape index (κ2) is 7.69. The molecule has 0 saturated heterocycles. The molecular formula is C13H13BrF3NO3. The third-order valence-corrected chi connectivity index (χ3v) is 3.09. The van der Waals surface area contributed by atoms with Crippen molar-refractivity contribution in [1.82, 2.24) is 4.98 Å².